The molecule has 0 aliphatic rings. The Hall–Kier alpha value is -2.16. The van der Waals surface area contributed by atoms with E-state index in [1.807, 2.05) is 31.2 Å². The van der Waals surface area contributed by atoms with Gasteiger partial charge in [-0.15, -0.1) is 0 Å². The predicted molar refractivity (Wildman–Crippen MR) is 63.6 cm³/mol. The van der Waals surface area contributed by atoms with E-state index in [9.17, 15) is 0 Å². The molecule has 1 heterocycles. The van der Waals surface area contributed by atoms with Gasteiger partial charge in [-0.2, -0.15) is 15.0 Å². The molecule has 0 amide bonds. The lowest BCUT2D eigenvalue weighted by molar-refractivity contribution is 0.751. The van der Waals surface area contributed by atoms with E-state index < -0.39 is 0 Å². The van der Waals surface area contributed by atoms with Crippen molar-refractivity contribution in [2.24, 2.45) is 0 Å². The van der Waals surface area contributed by atoms with Gasteiger partial charge in [-0.1, -0.05) is 36.4 Å². The summed E-state index contributed by atoms with van der Waals surface area (Å²) in [4.78, 5) is 1.68. The highest BCUT2D eigenvalue weighted by Gasteiger charge is 2.04. The van der Waals surface area contributed by atoms with E-state index in [4.69, 9.17) is 0 Å². The van der Waals surface area contributed by atoms with Gasteiger partial charge in [-0.25, -0.2) is 0 Å². The molecule has 1 aromatic heterocycles. The topological polar surface area (TPSA) is 30.7 Å². The molecule has 78 valence electrons. The molecule has 0 atom stereocenters. The van der Waals surface area contributed by atoms with Crippen LogP contribution in [0.15, 0.2) is 48.7 Å². The Morgan fingerprint density at radius 1 is 1.00 bits per heavy atom. The van der Waals surface area contributed by atoms with Gasteiger partial charge in [0.25, 0.3) is 0 Å². The van der Waals surface area contributed by atoms with Gasteiger partial charge in [0, 0.05) is 5.39 Å². The minimum absolute atomic E-state index is 0.924. The van der Waals surface area contributed by atoms with Crippen molar-refractivity contribution < 1.29 is 0 Å². The molecule has 0 aliphatic heterocycles. The first-order chi connectivity index (χ1) is 7.84. The first kappa shape index (κ1) is 9.09. The first-order valence-corrected chi connectivity index (χ1v) is 5.22. The molecule has 0 saturated heterocycles. The van der Waals surface area contributed by atoms with Gasteiger partial charge in [-0.05, 0) is 18.4 Å². The van der Waals surface area contributed by atoms with Crippen LogP contribution in [0.2, 0.25) is 0 Å². The zero-order valence-electron chi connectivity index (χ0n) is 8.96. The van der Waals surface area contributed by atoms with Crippen LogP contribution in [0.25, 0.3) is 16.5 Å². The second kappa shape index (κ2) is 3.45. The zero-order chi connectivity index (χ0) is 11.0. The maximum Gasteiger partial charge on any atom is 0.0934 e. The molecule has 0 fully saturated rings. The fourth-order valence-electron chi connectivity index (χ4n) is 1.84. The number of hydrogen-bond acceptors (Lipinski definition) is 2. The van der Waals surface area contributed by atoms with Crippen LogP contribution < -0.4 is 0 Å². The highest BCUT2D eigenvalue weighted by Crippen LogP contribution is 2.20. The third kappa shape index (κ3) is 1.37. The molecule has 0 unspecified atom stereocenters. The third-order valence-electron chi connectivity index (χ3n) is 2.59. The van der Waals surface area contributed by atoms with Crippen LogP contribution in [-0.4, -0.2) is 15.0 Å². The van der Waals surface area contributed by atoms with Crippen molar-refractivity contribution in [1.82, 2.24) is 15.0 Å². The summed E-state index contributed by atoms with van der Waals surface area (Å²) in [5.41, 5.74) is 1.94. The van der Waals surface area contributed by atoms with Crippen molar-refractivity contribution in [2.45, 2.75) is 6.92 Å². The molecule has 0 radical (unpaired) electrons. The van der Waals surface area contributed by atoms with E-state index in [-0.39, 0.29) is 0 Å². The summed E-state index contributed by atoms with van der Waals surface area (Å²) in [6.45, 7) is 1.94. The van der Waals surface area contributed by atoms with Crippen molar-refractivity contribution in [2.75, 3.05) is 0 Å². The van der Waals surface area contributed by atoms with Crippen LogP contribution >= 0.6 is 0 Å². The molecule has 0 spiro atoms. The smallest absolute Gasteiger partial charge is 0.0934 e. The van der Waals surface area contributed by atoms with Crippen molar-refractivity contribution in [1.29, 1.82) is 0 Å². The molecule has 3 aromatic rings. The van der Waals surface area contributed by atoms with Crippen molar-refractivity contribution >= 4 is 10.8 Å². The van der Waals surface area contributed by atoms with E-state index in [0.29, 0.717) is 0 Å². The number of aromatic nitrogens is 3. The molecule has 16 heavy (non-hydrogen) atoms. The molecule has 0 N–H and O–H groups in total. The minimum Gasteiger partial charge on any atom is -0.157 e. The highest BCUT2D eigenvalue weighted by atomic mass is 15.5. The van der Waals surface area contributed by atoms with E-state index in [2.05, 4.69) is 28.4 Å². The number of fused-ring (bicyclic) bond motifs is 1. The normalized spacial score (nSPS) is 10.8. The maximum absolute atomic E-state index is 4.34. The molecule has 0 saturated carbocycles. The first-order valence-electron chi connectivity index (χ1n) is 5.22. The molecule has 3 nitrogen and oxygen atoms in total. The molecule has 2 aromatic carbocycles. The Morgan fingerprint density at radius 3 is 2.62 bits per heavy atom. The summed E-state index contributed by atoms with van der Waals surface area (Å²) in [5.74, 6) is 0. The van der Waals surface area contributed by atoms with Gasteiger partial charge in [-0.3, -0.25) is 0 Å². The second-order valence-electron chi connectivity index (χ2n) is 3.77. The quantitative estimate of drug-likeness (QED) is 0.617. The summed E-state index contributed by atoms with van der Waals surface area (Å²) in [5, 5.41) is 10.9. The van der Waals surface area contributed by atoms with Crippen LogP contribution in [0.1, 0.15) is 5.69 Å². The lowest BCUT2D eigenvalue weighted by Gasteiger charge is -2.04. The molecular weight excluding hydrogens is 198 g/mol. The molecule has 0 bridgehead atoms. The van der Waals surface area contributed by atoms with Gasteiger partial charge in [0.1, 0.15) is 0 Å². The summed E-state index contributed by atoms with van der Waals surface area (Å²) >= 11 is 0. The molecule has 3 rings (SSSR count). The van der Waals surface area contributed by atoms with Gasteiger partial charge >= 0.3 is 0 Å². The Labute approximate surface area is 93.3 Å². The van der Waals surface area contributed by atoms with E-state index in [1.54, 1.807) is 11.0 Å². The van der Waals surface area contributed by atoms with Crippen LogP contribution in [-0.2, 0) is 0 Å². The molecule has 3 heteroatoms. The summed E-state index contributed by atoms with van der Waals surface area (Å²) in [7, 11) is 0. The number of rotatable bonds is 1. The Morgan fingerprint density at radius 2 is 1.81 bits per heavy atom. The molecular formula is C13H11N3. The third-order valence-corrected chi connectivity index (χ3v) is 2.59. The van der Waals surface area contributed by atoms with Gasteiger partial charge in [0.2, 0.25) is 0 Å². The lowest BCUT2D eigenvalue weighted by Crippen LogP contribution is -1.99. The SMILES string of the molecule is Cc1cnn(-c2cccc3ccccc23)n1. The van der Waals surface area contributed by atoms with Crippen LogP contribution in [0.5, 0.6) is 0 Å². The Kier molecular flexibility index (Phi) is 1.96. The number of hydrogen-bond donors (Lipinski definition) is 0. The van der Waals surface area contributed by atoms with Crippen LogP contribution in [0.3, 0.4) is 0 Å². The monoisotopic (exact) mass is 209 g/mol. The minimum atomic E-state index is 0.924. The van der Waals surface area contributed by atoms with Crippen LogP contribution in [0, 0.1) is 6.92 Å². The highest BCUT2D eigenvalue weighted by molar-refractivity contribution is 5.89. The number of aryl methyl sites for hydroxylation is 1. The maximum atomic E-state index is 4.34. The fraction of sp³-hybridized carbons (Fsp3) is 0.0769. The average molecular weight is 209 g/mol. The van der Waals surface area contributed by atoms with E-state index >= 15 is 0 Å². The van der Waals surface area contributed by atoms with Crippen molar-refractivity contribution in [3.8, 4) is 5.69 Å². The number of nitrogens with zero attached hydrogens (tertiary/aromatic N) is 3. The number of benzene rings is 2. The summed E-state index contributed by atoms with van der Waals surface area (Å²) in [6.07, 6.45) is 1.77. The summed E-state index contributed by atoms with van der Waals surface area (Å²) in [6, 6.07) is 14.4. The van der Waals surface area contributed by atoms with Crippen LogP contribution in [0.4, 0.5) is 0 Å². The lowest BCUT2D eigenvalue weighted by atomic mass is 10.1. The van der Waals surface area contributed by atoms with Gasteiger partial charge in [0.15, 0.2) is 0 Å². The fourth-order valence-corrected chi connectivity index (χ4v) is 1.84. The van der Waals surface area contributed by atoms with Gasteiger partial charge in [0.05, 0.1) is 17.6 Å². The Balaban J connectivity index is 2.31. The Bertz CT molecular complexity index is 635. The summed E-state index contributed by atoms with van der Waals surface area (Å²) < 4.78 is 0. The van der Waals surface area contributed by atoms with E-state index in [0.717, 1.165) is 11.4 Å². The standard InChI is InChI=1S/C13H11N3/c1-10-9-14-16(15-10)13-8-4-6-11-5-2-3-7-12(11)13/h2-9H,1H3. The van der Waals surface area contributed by atoms with Gasteiger partial charge < -0.3 is 0 Å². The average Bonchev–Trinajstić information content (AvgIpc) is 2.75. The molecule has 0 aliphatic carbocycles. The predicted octanol–water partition coefficient (Wildman–Crippen LogP) is 2.73. The second-order valence-corrected chi connectivity index (χ2v) is 3.77. The van der Waals surface area contributed by atoms with E-state index in [1.165, 1.54) is 10.8 Å². The largest absolute Gasteiger partial charge is 0.157 e. The van der Waals surface area contributed by atoms with Crippen molar-refractivity contribution in [3.05, 3.63) is 54.4 Å². The zero-order valence-corrected chi connectivity index (χ0v) is 8.96. The van der Waals surface area contributed by atoms with Crippen molar-refractivity contribution in [3.63, 3.8) is 0 Å².